The quantitative estimate of drug-likeness (QED) is 0.511. The van der Waals surface area contributed by atoms with Crippen molar-refractivity contribution >= 4 is 29.3 Å². The van der Waals surface area contributed by atoms with E-state index < -0.39 is 5.97 Å². The molecule has 0 unspecified atom stereocenters. The minimum atomic E-state index is -0.499. The number of nitrogens with two attached hydrogens (primary N) is 1. The van der Waals surface area contributed by atoms with Gasteiger partial charge >= 0.3 is 5.97 Å². The van der Waals surface area contributed by atoms with Gasteiger partial charge in [-0.2, -0.15) is 0 Å². The first-order chi connectivity index (χ1) is 8.10. The standard InChI is InChI=1S/C12H14ClNO3/c1-3-17-5-4-8-6-9(12(15)16-2)10(13)7-11(8)14/h4-7H,3,14H2,1-2H3/b5-4+. The van der Waals surface area contributed by atoms with Crippen molar-refractivity contribution in [2.45, 2.75) is 6.92 Å². The van der Waals surface area contributed by atoms with Crippen molar-refractivity contribution in [3.05, 3.63) is 34.5 Å². The van der Waals surface area contributed by atoms with Gasteiger partial charge in [-0.1, -0.05) is 11.6 Å². The Morgan fingerprint density at radius 2 is 2.24 bits per heavy atom. The zero-order valence-corrected chi connectivity index (χ0v) is 10.5. The van der Waals surface area contributed by atoms with Crippen LogP contribution in [0.5, 0.6) is 0 Å². The lowest BCUT2D eigenvalue weighted by molar-refractivity contribution is 0.0601. The molecule has 0 amide bonds. The molecule has 1 rings (SSSR count). The molecule has 0 saturated carbocycles. The maximum atomic E-state index is 11.4. The summed E-state index contributed by atoms with van der Waals surface area (Å²) in [6.07, 6.45) is 3.18. The summed E-state index contributed by atoms with van der Waals surface area (Å²) in [5.41, 5.74) is 7.17. The van der Waals surface area contributed by atoms with Crippen LogP contribution in [0.3, 0.4) is 0 Å². The number of hydrogen-bond acceptors (Lipinski definition) is 4. The number of nitrogen functional groups attached to an aromatic ring is 1. The van der Waals surface area contributed by atoms with Crippen molar-refractivity contribution in [2.75, 3.05) is 19.5 Å². The largest absolute Gasteiger partial charge is 0.501 e. The van der Waals surface area contributed by atoms with Crippen LogP contribution in [0, 0.1) is 0 Å². The summed E-state index contributed by atoms with van der Waals surface area (Å²) < 4.78 is 9.68. The summed E-state index contributed by atoms with van der Waals surface area (Å²) in [6, 6.07) is 3.08. The van der Waals surface area contributed by atoms with Crippen LogP contribution >= 0.6 is 11.6 Å². The molecule has 0 aliphatic heterocycles. The number of benzene rings is 1. The summed E-state index contributed by atoms with van der Waals surface area (Å²) in [4.78, 5) is 11.4. The summed E-state index contributed by atoms with van der Waals surface area (Å²) in [6.45, 7) is 2.43. The fourth-order valence-corrected chi connectivity index (χ4v) is 1.48. The van der Waals surface area contributed by atoms with Crippen LogP contribution in [0.1, 0.15) is 22.8 Å². The zero-order valence-electron chi connectivity index (χ0n) is 9.70. The molecule has 4 nitrogen and oxygen atoms in total. The second kappa shape index (κ2) is 6.15. The van der Waals surface area contributed by atoms with E-state index in [0.29, 0.717) is 17.9 Å². The van der Waals surface area contributed by atoms with Crippen LogP contribution in [0.15, 0.2) is 18.4 Å². The molecular weight excluding hydrogens is 242 g/mol. The van der Waals surface area contributed by atoms with Gasteiger partial charge in [-0.15, -0.1) is 0 Å². The van der Waals surface area contributed by atoms with Gasteiger partial charge < -0.3 is 15.2 Å². The van der Waals surface area contributed by atoms with Crippen LogP contribution in [0.25, 0.3) is 6.08 Å². The molecular formula is C12H14ClNO3. The van der Waals surface area contributed by atoms with E-state index in [9.17, 15) is 4.79 Å². The maximum absolute atomic E-state index is 11.4. The number of halogens is 1. The van der Waals surface area contributed by atoms with Gasteiger partial charge in [0.1, 0.15) is 0 Å². The van der Waals surface area contributed by atoms with E-state index in [-0.39, 0.29) is 10.6 Å². The van der Waals surface area contributed by atoms with E-state index in [1.165, 1.54) is 19.4 Å². The Labute approximate surface area is 105 Å². The van der Waals surface area contributed by atoms with E-state index >= 15 is 0 Å². The van der Waals surface area contributed by atoms with Crippen molar-refractivity contribution < 1.29 is 14.3 Å². The fourth-order valence-electron chi connectivity index (χ4n) is 1.23. The Balaban J connectivity index is 3.10. The molecule has 0 aliphatic carbocycles. The summed E-state index contributed by atoms with van der Waals surface area (Å²) in [5.74, 6) is -0.499. The van der Waals surface area contributed by atoms with Gasteiger partial charge in [0.15, 0.2) is 0 Å². The highest BCUT2D eigenvalue weighted by Crippen LogP contribution is 2.25. The Kier molecular flexibility index (Phi) is 4.84. The van der Waals surface area contributed by atoms with Crippen molar-refractivity contribution in [1.82, 2.24) is 0 Å². The molecule has 1 aromatic rings. The fraction of sp³-hybridized carbons (Fsp3) is 0.250. The first kappa shape index (κ1) is 13.4. The average Bonchev–Trinajstić information content (AvgIpc) is 2.31. The third kappa shape index (κ3) is 3.39. The monoisotopic (exact) mass is 255 g/mol. The molecule has 92 valence electrons. The zero-order chi connectivity index (χ0) is 12.8. The van der Waals surface area contributed by atoms with E-state index in [1.807, 2.05) is 6.92 Å². The normalized spacial score (nSPS) is 10.5. The van der Waals surface area contributed by atoms with Gasteiger partial charge in [0.2, 0.25) is 0 Å². The molecule has 0 atom stereocenters. The highest BCUT2D eigenvalue weighted by Gasteiger charge is 2.12. The van der Waals surface area contributed by atoms with Crippen LogP contribution in [0.2, 0.25) is 5.02 Å². The van der Waals surface area contributed by atoms with Crippen molar-refractivity contribution in [1.29, 1.82) is 0 Å². The summed E-state index contributed by atoms with van der Waals surface area (Å²) in [7, 11) is 1.30. The lowest BCUT2D eigenvalue weighted by Crippen LogP contribution is -2.04. The number of ether oxygens (including phenoxy) is 2. The Morgan fingerprint density at radius 3 is 2.82 bits per heavy atom. The molecule has 17 heavy (non-hydrogen) atoms. The van der Waals surface area contributed by atoms with Crippen LogP contribution in [-0.4, -0.2) is 19.7 Å². The first-order valence-electron chi connectivity index (χ1n) is 5.05. The van der Waals surface area contributed by atoms with Crippen LogP contribution in [0.4, 0.5) is 5.69 Å². The predicted octanol–water partition coefficient (Wildman–Crippen LogP) is 2.72. The van der Waals surface area contributed by atoms with E-state index in [1.54, 1.807) is 12.1 Å². The highest BCUT2D eigenvalue weighted by molar-refractivity contribution is 6.34. The SMILES string of the molecule is CCO/C=C/c1cc(C(=O)OC)c(Cl)cc1N. The molecule has 5 heteroatoms. The second-order valence-electron chi connectivity index (χ2n) is 3.21. The average molecular weight is 256 g/mol. The van der Waals surface area contributed by atoms with Gasteiger partial charge in [-0.05, 0) is 25.1 Å². The van der Waals surface area contributed by atoms with Crippen molar-refractivity contribution in [3.8, 4) is 0 Å². The topological polar surface area (TPSA) is 61.5 Å². The molecule has 1 aromatic carbocycles. The number of carbonyl (C=O) groups excluding carboxylic acids is 1. The third-order valence-electron chi connectivity index (χ3n) is 2.09. The third-order valence-corrected chi connectivity index (χ3v) is 2.40. The molecule has 0 aliphatic rings. The molecule has 0 heterocycles. The molecule has 0 saturated heterocycles. The smallest absolute Gasteiger partial charge is 0.339 e. The molecule has 0 bridgehead atoms. The van der Waals surface area contributed by atoms with E-state index in [0.717, 1.165) is 0 Å². The second-order valence-corrected chi connectivity index (χ2v) is 3.62. The summed E-state index contributed by atoms with van der Waals surface area (Å²) >= 11 is 5.90. The van der Waals surface area contributed by atoms with Crippen molar-refractivity contribution in [2.24, 2.45) is 0 Å². The molecule has 0 fully saturated rings. The molecule has 2 N–H and O–H groups in total. The number of esters is 1. The van der Waals surface area contributed by atoms with Crippen LogP contribution in [-0.2, 0) is 9.47 Å². The highest BCUT2D eigenvalue weighted by atomic mass is 35.5. The Morgan fingerprint density at radius 1 is 1.53 bits per heavy atom. The number of anilines is 1. The minimum absolute atomic E-state index is 0.267. The van der Waals surface area contributed by atoms with Crippen molar-refractivity contribution in [3.63, 3.8) is 0 Å². The summed E-state index contributed by atoms with van der Waals surface area (Å²) in [5, 5.41) is 0.267. The molecule has 0 aromatic heterocycles. The van der Waals surface area contributed by atoms with Gasteiger partial charge in [0, 0.05) is 11.3 Å². The molecule has 0 spiro atoms. The van der Waals surface area contributed by atoms with E-state index in [4.69, 9.17) is 22.1 Å². The Bertz CT molecular complexity index is 444. The number of rotatable bonds is 4. The molecule has 0 radical (unpaired) electrons. The van der Waals surface area contributed by atoms with Crippen LogP contribution < -0.4 is 5.73 Å². The lowest BCUT2D eigenvalue weighted by Gasteiger charge is -2.06. The van der Waals surface area contributed by atoms with Gasteiger partial charge in [0.05, 0.1) is 30.6 Å². The maximum Gasteiger partial charge on any atom is 0.339 e. The van der Waals surface area contributed by atoms with Gasteiger partial charge in [-0.25, -0.2) is 4.79 Å². The van der Waals surface area contributed by atoms with Gasteiger partial charge in [0.25, 0.3) is 0 Å². The minimum Gasteiger partial charge on any atom is -0.501 e. The number of methoxy groups -OCH3 is 1. The Hall–Kier alpha value is -1.68. The van der Waals surface area contributed by atoms with E-state index in [2.05, 4.69) is 4.74 Å². The lowest BCUT2D eigenvalue weighted by atomic mass is 10.1. The predicted molar refractivity (Wildman–Crippen MR) is 67.9 cm³/mol. The van der Waals surface area contributed by atoms with Gasteiger partial charge in [-0.3, -0.25) is 0 Å². The number of carbonyl (C=O) groups is 1. The first-order valence-corrected chi connectivity index (χ1v) is 5.43. The number of hydrogen-bond donors (Lipinski definition) is 1.